The first-order valence-corrected chi connectivity index (χ1v) is 12.8. The molecule has 0 radical (unpaired) electrons. The number of carbonyl (C=O) groups excluding carboxylic acids is 1. The number of hydrogen-bond donors (Lipinski definition) is 4. The maximum absolute atomic E-state index is 13.0. The number of rotatable bonds is 7. The van der Waals surface area contributed by atoms with Crippen molar-refractivity contribution in [2.45, 2.75) is 20.0 Å². The van der Waals surface area contributed by atoms with Gasteiger partial charge in [0, 0.05) is 43.1 Å². The Hall–Kier alpha value is -4.23. The van der Waals surface area contributed by atoms with Crippen LogP contribution in [0.5, 0.6) is 0 Å². The Morgan fingerprint density at radius 3 is 2.62 bits per heavy atom. The van der Waals surface area contributed by atoms with Gasteiger partial charge in [0.1, 0.15) is 5.69 Å². The fourth-order valence-corrected chi connectivity index (χ4v) is 4.55. The number of aromatic amines is 1. The monoisotopic (exact) mass is 554 g/mol. The lowest BCUT2D eigenvalue weighted by Gasteiger charge is -2.26. The highest BCUT2D eigenvalue weighted by atomic mass is 19.4. The van der Waals surface area contributed by atoms with E-state index in [1.54, 1.807) is 12.1 Å². The lowest BCUT2D eigenvalue weighted by atomic mass is 10.0. The topological polar surface area (TPSA) is 120 Å². The molecule has 1 aliphatic heterocycles. The standard InChI is InChI=1S/C27H29F3N8O2/c1-16-14-18(6-7-21(16)34-26(39)33-20-5-3-4-19(15-20)27(28,29)30)23-22-17(2)32-25(35-24(22)37-36-23)31-8-9-38-10-12-40-13-11-38/h3-7,14-15H,8-13H2,1-2H3,(H2,33,34,39)(H2,31,32,35,36,37). The van der Waals surface area contributed by atoms with Crippen molar-refractivity contribution in [2.75, 3.05) is 55.3 Å². The van der Waals surface area contributed by atoms with Crippen LogP contribution in [0, 0.1) is 13.8 Å². The van der Waals surface area contributed by atoms with Gasteiger partial charge in [-0.05, 0) is 49.7 Å². The minimum absolute atomic E-state index is 0.0371. The molecule has 4 aromatic rings. The number of fused-ring (bicyclic) bond motifs is 1. The first-order chi connectivity index (χ1) is 19.2. The summed E-state index contributed by atoms with van der Waals surface area (Å²) in [5.41, 5.74) is 3.30. The summed E-state index contributed by atoms with van der Waals surface area (Å²) < 4.78 is 44.3. The molecule has 1 saturated heterocycles. The molecule has 3 heterocycles. The molecule has 2 aromatic heterocycles. The molecule has 4 N–H and O–H groups in total. The molecule has 1 fully saturated rings. The van der Waals surface area contributed by atoms with E-state index in [0.717, 1.165) is 67.2 Å². The second kappa shape index (κ2) is 11.5. The maximum atomic E-state index is 13.0. The molecular formula is C27H29F3N8O2. The Morgan fingerprint density at radius 2 is 1.88 bits per heavy atom. The molecule has 2 amide bonds. The van der Waals surface area contributed by atoms with Crippen LogP contribution in [0.25, 0.3) is 22.3 Å². The molecular weight excluding hydrogens is 525 g/mol. The van der Waals surface area contributed by atoms with Gasteiger partial charge in [-0.1, -0.05) is 12.1 Å². The number of hydrogen-bond acceptors (Lipinski definition) is 7. The van der Waals surface area contributed by atoms with Gasteiger partial charge in [-0.2, -0.15) is 23.3 Å². The molecule has 210 valence electrons. The van der Waals surface area contributed by atoms with E-state index in [0.29, 0.717) is 29.5 Å². The van der Waals surface area contributed by atoms with Crippen LogP contribution in [-0.4, -0.2) is 70.5 Å². The van der Waals surface area contributed by atoms with Crippen molar-refractivity contribution in [1.82, 2.24) is 25.1 Å². The SMILES string of the molecule is Cc1cc(-c2n[nH]c3nc(NCCN4CCOCC4)nc(C)c23)ccc1NC(=O)Nc1cccc(C(F)(F)F)c1. The van der Waals surface area contributed by atoms with Crippen LogP contribution in [-0.2, 0) is 10.9 Å². The van der Waals surface area contributed by atoms with Gasteiger partial charge in [0.25, 0.3) is 0 Å². The van der Waals surface area contributed by atoms with E-state index in [1.807, 2.05) is 19.9 Å². The number of halogens is 3. The minimum atomic E-state index is -4.50. The molecule has 1 aliphatic rings. The minimum Gasteiger partial charge on any atom is -0.379 e. The smallest absolute Gasteiger partial charge is 0.379 e. The third kappa shape index (κ3) is 6.32. The molecule has 0 aliphatic carbocycles. The van der Waals surface area contributed by atoms with Crippen molar-refractivity contribution in [3.05, 3.63) is 59.3 Å². The van der Waals surface area contributed by atoms with Crippen LogP contribution >= 0.6 is 0 Å². The number of amides is 2. The van der Waals surface area contributed by atoms with E-state index >= 15 is 0 Å². The maximum Gasteiger partial charge on any atom is 0.416 e. The predicted molar refractivity (Wildman–Crippen MR) is 146 cm³/mol. The molecule has 13 heteroatoms. The van der Waals surface area contributed by atoms with E-state index in [-0.39, 0.29) is 5.69 Å². The third-order valence-electron chi connectivity index (χ3n) is 6.61. The zero-order valence-electron chi connectivity index (χ0n) is 22.0. The number of aryl methyl sites for hydroxylation is 2. The Morgan fingerprint density at radius 1 is 1.07 bits per heavy atom. The summed E-state index contributed by atoms with van der Waals surface area (Å²) in [6.07, 6.45) is -4.50. The van der Waals surface area contributed by atoms with Gasteiger partial charge in [-0.3, -0.25) is 10.00 Å². The van der Waals surface area contributed by atoms with Crippen LogP contribution in [0.1, 0.15) is 16.8 Å². The van der Waals surface area contributed by atoms with Crippen molar-refractivity contribution in [2.24, 2.45) is 0 Å². The van der Waals surface area contributed by atoms with Crippen molar-refractivity contribution in [3.8, 4) is 11.3 Å². The fourth-order valence-electron chi connectivity index (χ4n) is 4.55. The number of benzene rings is 2. The first kappa shape index (κ1) is 27.3. The van der Waals surface area contributed by atoms with Gasteiger partial charge in [-0.25, -0.2) is 9.78 Å². The first-order valence-electron chi connectivity index (χ1n) is 12.8. The van der Waals surface area contributed by atoms with Crippen LogP contribution in [0.15, 0.2) is 42.5 Å². The molecule has 2 aromatic carbocycles. The van der Waals surface area contributed by atoms with Gasteiger partial charge in [0.05, 0.1) is 29.9 Å². The molecule has 0 spiro atoms. The molecule has 10 nitrogen and oxygen atoms in total. The number of ether oxygens (including phenoxy) is 1. The highest BCUT2D eigenvalue weighted by Crippen LogP contribution is 2.32. The van der Waals surface area contributed by atoms with Crippen molar-refractivity contribution < 1.29 is 22.7 Å². The summed E-state index contributed by atoms with van der Waals surface area (Å²) in [4.78, 5) is 24.0. The van der Waals surface area contributed by atoms with Gasteiger partial charge in [0.15, 0.2) is 5.65 Å². The van der Waals surface area contributed by atoms with Crippen LogP contribution in [0.2, 0.25) is 0 Å². The Balaban J connectivity index is 1.26. The average molecular weight is 555 g/mol. The van der Waals surface area contributed by atoms with E-state index in [2.05, 4.69) is 41.0 Å². The van der Waals surface area contributed by atoms with E-state index < -0.39 is 17.8 Å². The number of nitrogens with zero attached hydrogens (tertiary/aromatic N) is 4. The Kier molecular flexibility index (Phi) is 7.85. The lowest BCUT2D eigenvalue weighted by molar-refractivity contribution is -0.137. The average Bonchev–Trinajstić information content (AvgIpc) is 3.35. The quantitative estimate of drug-likeness (QED) is 0.253. The second-order valence-corrected chi connectivity index (χ2v) is 9.50. The van der Waals surface area contributed by atoms with Crippen molar-refractivity contribution >= 4 is 34.4 Å². The molecule has 0 unspecified atom stereocenters. The van der Waals surface area contributed by atoms with Crippen LogP contribution in [0.4, 0.5) is 35.3 Å². The molecule has 5 rings (SSSR count). The summed E-state index contributed by atoms with van der Waals surface area (Å²) >= 11 is 0. The highest BCUT2D eigenvalue weighted by Gasteiger charge is 2.30. The number of urea groups is 1. The van der Waals surface area contributed by atoms with E-state index in [9.17, 15) is 18.0 Å². The van der Waals surface area contributed by atoms with Gasteiger partial charge in [0.2, 0.25) is 5.95 Å². The lowest BCUT2D eigenvalue weighted by Crippen LogP contribution is -2.39. The summed E-state index contributed by atoms with van der Waals surface area (Å²) in [6, 6.07) is 9.19. The predicted octanol–water partition coefficient (Wildman–Crippen LogP) is 5.04. The van der Waals surface area contributed by atoms with Crippen molar-refractivity contribution in [3.63, 3.8) is 0 Å². The van der Waals surface area contributed by atoms with Crippen molar-refractivity contribution in [1.29, 1.82) is 0 Å². The highest BCUT2D eigenvalue weighted by molar-refractivity contribution is 6.01. The zero-order chi connectivity index (χ0) is 28.3. The third-order valence-corrected chi connectivity index (χ3v) is 6.61. The molecule has 0 saturated carbocycles. The largest absolute Gasteiger partial charge is 0.416 e. The van der Waals surface area contributed by atoms with E-state index in [4.69, 9.17) is 4.74 Å². The molecule has 40 heavy (non-hydrogen) atoms. The summed E-state index contributed by atoms with van der Waals surface area (Å²) in [6.45, 7) is 8.63. The summed E-state index contributed by atoms with van der Waals surface area (Å²) in [5, 5.41) is 16.7. The van der Waals surface area contributed by atoms with E-state index in [1.165, 1.54) is 12.1 Å². The number of anilines is 3. The Labute approximate surface area is 228 Å². The van der Waals surface area contributed by atoms with Gasteiger partial charge >= 0.3 is 12.2 Å². The molecule has 0 bridgehead atoms. The summed E-state index contributed by atoms with van der Waals surface area (Å²) in [5.74, 6) is 0.524. The van der Waals surface area contributed by atoms with Crippen LogP contribution < -0.4 is 16.0 Å². The molecule has 0 atom stereocenters. The number of carbonyl (C=O) groups is 1. The van der Waals surface area contributed by atoms with Gasteiger partial charge < -0.3 is 20.7 Å². The normalized spacial score (nSPS) is 14.3. The van der Waals surface area contributed by atoms with Gasteiger partial charge in [-0.15, -0.1) is 0 Å². The second-order valence-electron chi connectivity index (χ2n) is 9.50. The number of alkyl halides is 3. The van der Waals surface area contributed by atoms with Crippen LogP contribution in [0.3, 0.4) is 0 Å². The fraction of sp³-hybridized carbons (Fsp3) is 0.333. The zero-order valence-corrected chi connectivity index (χ0v) is 22.0. The number of nitrogens with one attached hydrogen (secondary N) is 4. The summed E-state index contributed by atoms with van der Waals surface area (Å²) in [7, 11) is 0. The number of morpholine rings is 1. The Bertz CT molecular complexity index is 1520. The number of aromatic nitrogens is 4. The number of H-pyrrole nitrogens is 1.